The van der Waals surface area contributed by atoms with Crippen LogP contribution in [0.4, 0.5) is 0 Å². The number of nitrogens with two attached hydrogens (primary N) is 1. The van der Waals surface area contributed by atoms with E-state index in [1.165, 1.54) is 0 Å². The summed E-state index contributed by atoms with van der Waals surface area (Å²) in [4.78, 5) is 0. The highest BCUT2D eigenvalue weighted by atomic mass is 35.5. The first-order valence-electron chi connectivity index (χ1n) is 4.26. The van der Waals surface area contributed by atoms with Crippen LogP contribution in [-0.2, 0) is 11.3 Å². The lowest BCUT2D eigenvalue weighted by molar-refractivity contribution is -0.597. The molecule has 0 amide bonds. The molecule has 0 aliphatic rings. The maximum absolute atomic E-state index is 5.94. The number of halogens is 1. The molecule has 2 nitrogen and oxygen atoms in total. The molecule has 72 valence electrons. The molecule has 1 rings (SSSR count). The summed E-state index contributed by atoms with van der Waals surface area (Å²) in [6.07, 6.45) is 0. The Morgan fingerprint density at radius 2 is 2.15 bits per heavy atom. The van der Waals surface area contributed by atoms with Gasteiger partial charge in [0.1, 0.15) is 0 Å². The molecule has 1 aromatic carbocycles. The lowest BCUT2D eigenvalue weighted by Gasteiger charge is -2.05. The molecule has 0 bridgehead atoms. The lowest BCUT2D eigenvalue weighted by atomic mass is 10.2. The second kappa shape index (κ2) is 5.97. The number of benzene rings is 1. The molecule has 0 atom stereocenters. The molecule has 0 aliphatic carbocycles. The van der Waals surface area contributed by atoms with Crippen molar-refractivity contribution in [2.45, 2.75) is 6.61 Å². The SMILES string of the molecule is [CH2-][NH2+]CCOCc1ccccc1Cl. The molecule has 0 saturated carbocycles. The van der Waals surface area contributed by atoms with Crippen LogP contribution in [-0.4, -0.2) is 13.2 Å². The molecule has 0 saturated heterocycles. The van der Waals surface area contributed by atoms with Crippen molar-refractivity contribution in [3.8, 4) is 0 Å². The van der Waals surface area contributed by atoms with Crippen molar-refractivity contribution in [3.63, 3.8) is 0 Å². The maximum Gasteiger partial charge on any atom is 0.0938 e. The fourth-order valence-corrected chi connectivity index (χ4v) is 1.15. The van der Waals surface area contributed by atoms with Gasteiger partial charge in [-0.2, -0.15) is 7.05 Å². The van der Waals surface area contributed by atoms with Crippen LogP contribution in [0.25, 0.3) is 0 Å². The predicted molar refractivity (Wildman–Crippen MR) is 53.3 cm³/mol. The van der Waals surface area contributed by atoms with Gasteiger partial charge in [-0.15, -0.1) is 0 Å². The number of ether oxygens (including phenoxy) is 1. The van der Waals surface area contributed by atoms with Gasteiger partial charge in [0.15, 0.2) is 0 Å². The Hall–Kier alpha value is -0.570. The van der Waals surface area contributed by atoms with Crippen LogP contribution >= 0.6 is 11.6 Å². The minimum Gasteiger partial charge on any atom is -0.477 e. The topological polar surface area (TPSA) is 25.8 Å². The van der Waals surface area contributed by atoms with Crippen LogP contribution in [0.15, 0.2) is 24.3 Å². The third-order valence-corrected chi connectivity index (χ3v) is 2.05. The highest BCUT2D eigenvalue weighted by Crippen LogP contribution is 2.15. The van der Waals surface area contributed by atoms with Gasteiger partial charge in [0.25, 0.3) is 0 Å². The van der Waals surface area contributed by atoms with E-state index >= 15 is 0 Å². The van der Waals surface area contributed by atoms with Gasteiger partial charge in [0, 0.05) is 5.02 Å². The largest absolute Gasteiger partial charge is 0.477 e. The molecule has 0 unspecified atom stereocenters. The van der Waals surface area contributed by atoms with Crippen molar-refractivity contribution < 1.29 is 10.1 Å². The van der Waals surface area contributed by atoms with Gasteiger partial charge in [-0.05, 0) is 11.6 Å². The van der Waals surface area contributed by atoms with E-state index in [-0.39, 0.29) is 0 Å². The zero-order chi connectivity index (χ0) is 9.52. The van der Waals surface area contributed by atoms with Gasteiger partial charge < -0.3 is 10.1 Å². The molecular formula is C10H14ClNO. The molecule has 0 heterocycles. The molecule has 13 heavy (non-hydrogen) atoms. The average Bonchev–Trinajstić information content (AvgIpc) is 2.15. The monoisotopic (exact) mass is 199 g/mol. The third-order valence-electron chi connectivity index (χ3n) is 1.68. The average molecular weight is 200 g/mol. The van der Waals surface area contributed by atoms with Gasteiger partial charge in [0.2, 0.25) is 0 Å². The molecule has 2 N–H and O–H groups in total. The van der Waals surface area contributed by atoms with E-state index < -0.39 is 0 Å². The van der Waals surface area contributed by atoms with E-state index in [1.54, 1.807) is 0 Å². The van der Waals surface area contributed by atoms with Crippen molar-refractivity contribution in [2.75, 3.05) is 13.2 Å². The van der Waals surface area contributed by atoms with E-state index in [4.69, 9.17) is 16.3 Å². The van der Waals surface area contributed by atoms with Crippen LogP contribution in [0.2, 0.25) is 5.02 Å². The maximum atomic E-state index is 5.94. The fraction of sp³-hybridized carbons (Fsp3) is 0.300. The molecule has 3 heteroatoms. The zero-order valence-corrected chi connectivity index (χ0v) is 8.26. The second-order valence-corrected chi connectivity index (χ2v) is 3.13. The van der Waals surface area contributed by atoms with Crippen molar-refractivity contribution in [1.29, 1.82) is 0 Å². The normalized spacial score (nSPS) is 10.3. The van der Waals surface area contributed by atoms with E-state index in [0.29, 0.717) is 13.2 Å². The van der Waals surface area contributed by atoms with Crippen molar-refractivity contribution in [2.24, 2.45) is 0 Å². The Morgan fingerprint density at radius 3 is 2.85 bits per heavy atom. The molecular weight excluding hydrogens is 186 g/mol. The van der Waals surface area contributed by atoms with Crippen molar-refractivity contribution in [1.82, 2.24) is 0 Å². The third kappa shape index (κ3) is 3.77. The molecule has 0 spiro atoms. The summed E-state index contributed by atoms with van der Waals surface area (Å²) in [6.45, 7) is 2.16. The van der Waals surface area contributed by atoms with Crippen LogP contribution in [0, 0.1) is 7.05 Å². The van der Waals surface area contributed by atoms with Crippen LogP contribution < -0.4 is 5.32 Å². The predicted octanol–water partition coefficient (Wildman–Crippen LogP) is 1.21. The number of hydrogen-bond donors (Lipinski definition) is 1. The Bertz CT molecular complexity index is 252. The van der Waals surface area contributed by atoms with Gasteiger partial charge in [-0.1, -0.05) is 29.8 Å². The second-order valence-electron chi connectivity index (χ2n) is 2.72. The number of hydrogen-bond acceptors (Lipinski definition) is 1. The van der Waals surface area contributed by atoms with Gasteiger partial charge in [-0.25, -0.2) is 0 Å². The smallest absolute Gasteiger partial charge is 0.0938 e. The van der Waals surface area contributed by atoms with Gasteiger partial charge in [0.05, 0.1) is 19.8 Å². The summed E-state index contributed by atoms with van der Waals surface area (Å²) in [5, 5.41) is 2.60. The molecule has 0 fully saturated rings. The van der Waals surface area contributed by atoms with Gasteiger partial charge in [-0.3, -0.25) is 0 Å². The van der Waals surface area contributed by atoms with Crippen LogP contribution in [0.1, 0.15) is 5.56 Å². The summed E-state index contributed by atoms with van der Waals surface area (Å²) < 4.78 is 5.39. The van der Waals surface area contributed by atoms with Crippen LogP contribution in [0.3, 0.4) is 0 Å². The van der Waals surface area contributed by atoms with Crippen molar-refractivity contribution in [3.05, 3.63) is 41.9 Å². The van der Waals surface area contributed by atoms with E-state index in [1.807, 2.05) is 29.6 Å². The lowest BCUT2D eigenvalue weighted by Crippen LogP contribution is -2.78. The summed E-state index contributed by atoms with van der Waals surface area (Å²) in [6, 6.07) is 7.71. The molecule has 1 aromatic rings. The fourth-order valence-electron chi connectivity index (χ4n) is 0.964. The summed E-state index contributed by atoms with van der Waals surface area (Å²) in [5.74, 6) is 0. The highest BCUT2D eigenvalue weighted by molar-refractivity contribution is 6.31. The molecule has 0 aliphatic heterocycles. The summed E-state index contributed by atoms with van der Waals surface area (Å²) in [5.41, 5.74) is 1.04. The highest BCUT2D eigenvalue weighted by Gasteiger charge is 1.97. The quantitative estimate of drug-likeness (QED) is 0.560. The van der Waals surface area contributed by atoms with E-state index in [0.717, 1.165) is 17.1 Å². The minimum atomic E-state index is 0.577. The number of rotatable bonds is 5. The first kappa shape index (κ1) is 10.5. The zero-order valence-electron chi connectivity index (χ0n) is 7.50. The van der Waals surface area contributed by atoms with E-state index in [2.05, 4.69) is 7.05 Å². The Balaban J connectivity index is 2.32. The molecule has 0 radical (unpaired) electrons. The summed E-state index contributed by atoms with van der Waals surface area (Å²) >= 11 is 5.94. The Kier molecular flexibility index (Phi) is 4.83. The first-order chi connectivity index (χ1) is 6.34. The van der Waals surface area contributed by atoms with Crippen LogP contribution in [0.5, 0.6) is 0 Å². The minimum absolute atomic E-state index is 0.577. The Morgan fingerprint density at radius 1 is 1.38 bits per heavy atom. The standard InChI is InChI=1S/C10H14ClNO/c1-12-6-7-13-8-9-4-2-3-5-10(9)11/h2-5H,1,6-8,12H2. The molecule has 0 aromatic heterocycles. The summed E-state index contributed by atoms with van der Waals surface area (Å²) in [7, 11) is 3.62. The van der Waals surface area contributed by atoms with Crippen molar-refractivity contribution >= 4 is 11.6 Å². The first-order valence-corrected chi connectivity index (χ1v) is 4.64. The Labute approximate surface area is 83.9 Å². The number of quaternary nitrogens is 1. The van der Waals surface area contributed by atoms with Gasteiger partial charge >= 0.3 is 0 Å². The van der Waals surface area contributed by atoms with E-state index in [9.17, 15) is 0 Å².